The van der Waals surface area contributed by atoms with Crippen molar-refractivity contribution in [1.29, 1.82) is 0 Å². The Kier molecular flexibility index (Phi) is 3.63. The van der Waals surface area contributed by atoms with Gasteiger partial charge in [-0.25, -0.2) is 12.4 Å². The highest BCUT2D eigenvalue weighted by molar-refractivity contribution is 7.90. The van der Waals surface area contributed by atoms with Crippen LogP contribution in [0.3, 0.4) is 0 Å². The Hall–Kier alpha value is -2.30. The van der Waals surface area contributed by atoms with Gasteiger partial charge in [-0.3, -0.25) is 0 Å². The van der Waals surface area contributed by atoms with Gasteiger partial charge in [0.1, 0.15) is 0 Å². The summed E-state index contributed by atoms with van der Waals surface area (Å²) in [6.45, 7) is 3.85. The molecule has 1 aromatic heterocycles. The zero-order valence-corrected chi connectivity index (χ0v) is 15.4. The molecule has 0 fully saturated rings. The number of aryl methyl sites for hydroxylation is 2. The van der Waals surface area contributed by atoms with Crippen LogP contribution in [0.4, 0.5) is 0 Å². The van der Waals surface area contributed by atoms with E-state index >= 15 is 0 Å². The van der Waals surface area contributed by atoms with Crippen LogP contribution in [-0.4, -0.2) is 12.4 Å². The van der Waals surface area contributed by atoms with Crippen molar-refractivity contribution in [3.63, 3.8) is 0 Å². The van der Waals surface area contributed by atoms with E-state index in [9.17, 15) is 8.42 Å². The Morgan fingerprint density at radius 1 is 0.880 bits per heavy atom. The van der Waals surface area contributed by atoms with Crippen LogP contribution < -0.4 is 0 Å². The summed E-state index contributed by atoms with van der Waals surface area (Å²) in [4.78, 5) is 0.273. The fraction of sp³-hybridized carbons (Fsp3) is 0.100. The van der Waals surface area contributed by atoms with Crippen molar-refractivity contribution >= 4 is 43.4 Å². The van der Waals surface area contributed by atoms with Gasteiger partial charge in [0.25, 0.3) is 10.0 Å². The Morgan fingerprint density at radius 3 is 2.32 bits per heavy atom. The normalized spacial score (nSPS) is 12.1. The predicted molar refractivity (Wildman–Crippen MR) is 103 cm³/mol. The number of fused-ring (bicyclic) bond motifs is 3. The van der Waals surface area contributed by atoms with Crippen LogP contribution in [0, 0.1) is 13.8 Å². The first kappa shape index (κ1) is 16.2. The van der Waals surface area contributed by atoms with E-state index in [0.717, 1.165) is 21.9 Å². The quantitative estimate of drug-likeness (QED) is 0.480. The molecule has 0 saturated heterocycles. The molecule has 0 bridgehead atoms. The van der Waals surface area contributed by atoms with Crippen molar-refractivity contribution in [2.75, 3.05) is 0 Å². The molecule has 0 radical (unpaired) electrons. The molecular formula is C20H16ClNO2S. The lowest BCUT2D eigenvalue weighted by molar-refractivity contribution is 0.590. The van der Waals surface area contributed by atoms with Crippen LogP contribution in [0.15, 0.2) is 65.6 Å². The van der Waals surface area contributed by atoms with E-state index < -0.39 is 10.0 Å². The summed E-state index contributed by atoms with van der Waals surface area (Å²) < 4.78 is 28.2. The molecule has 1 heterocycles. The van der Waals surface area contributed by atoms with Crippen LogP contribution in [-0.2, 0) is 10.0 Å². The van der Waals surface area contributed by atoms with Crippen molar-refractivity contribution in [2.45, 2.75) is 18.7 Å². The molecule has 0 saturated carbocycles. The van der Waals surface area contributed by atoms with Crippen LogP contribution in [0.25, 0.3) is 21.8 Å². The van der Waals surface area contributed by atoms with Gasteiger partial charge >= 0.3 is 0 Å². The summed E-state index contributed by atoms with van der Waals surface area (Å²) in [6, 6.07) is 18.0. The lowest BCUT2D eigenvalue weighted by Gasteiger charge is -2.11. The average molecular weight is 370 g/mol. The molecule has 126 valence electrons. The maximum atomic E-state index is 13.4. The van der Waals surface area contributed by atoms with Crippen molar-refractivity contribution in [3.05, 3.63) is 76.8 Å². The number of aromatic nitrogens is 1. The zero-order chi connectivity index (χ0) is 17.8. The SMILES string of the molecule is Cc1ccc(S(=O)(=O)n2c3ccc(Cl)cc3c3cccc(C)c32)cc1. The Bertz CT molecular complexity index is 1220. The van der Waals surface area contributed by atoms with Gasteiger partial charge < -0.3 is 0 Å². The van der Waals surface area contributed by atoms with E-state index in [1.54, 1.807) is 24.3 Å². The first-order valence-corrected chi connectivity index (χ1v) is 9.73. The Balaban J connectivity index is 2.18. The van der Waals surface area contributed by atoms with E-state index in [2.05, 4.69) is 0 Å². The Labute approximate surface area is 151 Å². The summed E-state index contributed by atoms with van der Waals surface area (Å²) in [5, 5.41) is 2.30. The third-order valence-electron chi connectivity index (χ3n) is 4.47. The van der Waals surface area contributed by atoms with E-state index in [0.29, 0.717) is 16.1 Å². The Morgan fingerprint density at radius 2 is 1.60 bits per heavy atom. The van der Waals surface area contributed by atoms with E-state index in [-0.39, 0.29) is 4.90 Å². The number of para-hydroxylation sites is 1. The van der Waals surface area contributed by atoms with Crippen LogP contribution in [0.2, 0.25) is 5.02 Å². The number of hydrogen-bond donors (Lipinski definition) is 0. The lowest BCUT2D eigenvalue weighted by atomic mass is 10.1. The second-order valence-electron chi connectivity index (χ2n) is 6.22. The zero-order valence-electron chi connectivity index (χ0n) is 13.8. The predicted octanol–water partition coefficient (Wildman–Crippen LogP) is 5.30. The minimum atomic E-state index is -3.73. The molecular weight excluding hydrogens is 354 g/mol. The number of rotatable bonds is 2. The highest BCUT2D eigenvalue weighted by Gasteiger charge is 2.24. The maximum absolute atomic E-state index is 13.4. The highest BCUT2D eigenvalue weighted by Crippen LogP contribution is 2.35. The summed E-state index contributed by atoms with van der Waals surface area (Å²) >= 11 is 6.16. The van der Waals surface area contributed by atoms with Crippen molar-refractivity contribution < 1.29 is 8.42 Å². The molecule has 4 aromatic rings. The molecule has 0 aliphatic heterocycles. The summed E-state index contributed by atoms with van der Waals surface area (Å²) in [5.74, 6) is 0. The first-order chi connectivity index (χ1) is 11.9. The van der Waals surface area contributed by atoms with Crippen molar-refractivity contribution in [2.24, 2.45) is 0 Å². The van der Waals surface area contributed by atoms with Gasteiger partial charge in [-0.2, -0.15) is 0 Å². The number of hydrogen-bond acceptors (Lipinski definition) is 2. The van der Waals surface area contributed by atoms with Crippen molar-refractivity contribution in [3.8, 4) is 0 Å². The fourth-order valence-corrected chi connectivity index (χ4v) is 5.00. The van der Waals surface area contributed by atoms with Crippen LogP contribution >= 0.6 is 11.6 Å². The third-order valence-corrected chi connectivity index (χ3v) is 6.43. The molecule has 3 aromatic carbocycles. The molecule has 0 N–H and O–H groups in total. The molecule has 0 aliphatic rings. The lowest BCUT2D eigenvalue weighted by Crippen LogP contribution is -2.13. The minimum Gasteiger partial charge on any atom is -0.233 e. The van der Waals surface area contributed by atoms with E-state index in [1.165, 1.54) is 3.97 Å². The second kappa shape index (κ2) is 5.61. The number of halogens is 1. The summed E-state index contributed by atoms with van der Waals surface area (Å²) in [5.41, 5.74) is 3.25. The highest BCUT2D eigenvalue weighted by atomic mass is 35.5. The monoisotopic (exact) mass is 369 g/mol. The van der Waals surface area contributed by atoms with Gasteiger partial charge in [0.2, 0.25) is 0 Å². The summed E-state index contributed by atoms with van der Waals surface area (Å²) in [6.07, 6.45) is 0. The van der Waals surface area contributed by atoms with Gasteiger partial charge in [0, 0.05) is 15.8 Å². The second-order valence-corrected chi connectivity index (χ2v) is 8.44. The molecule has 5 heteroatoms. The molecule has 0 unspecified atom stereocenters. The molecule has 0 aliphatic carbocycles. The van der Waals surface area contributed by atoms with Gasteiger partial charge in [-0.15, -0.1) is 0 Å². The van der Waals surface area contributed by atoms with Crippen molar-refractivity contribution in [1.82, 2.24) is 3.97 Å². The largest absolute Gasteiger partial charge is 0.268 e. The molecule has 0 amide bonds. The van der Waals surface area contributed by atoms with E-state index in [1.807, 2.05) is 50.2 Å². The number of nitrogens with zero attached hydrogens (tertiary/aromatic N) is 1. The minimum absolute atomic E-state index is 0.273. The van der Waals surface area contributed by atoms with Crippen LogP contribution in [0.5, 0.6) is 0 Å². The standard InChI is InChI=1S/C20H16ClNO2S/c1-13-6-9-16(10-7-13)25(23,24)22-19-11-8-15(21)12-18(19)17-5-3-4-14(2)20(17)22/h3-12H,1-2H3. The molecule has 3 nitrogen and oxygen atoms in total. The van der Waals surface area contributed by atoms with Gasteiger partial charge in [0.05, 0.1) is 15.9 Å². The topological polar surface area (TPSA) is 39.1 Å². The third kappa shape index (κ3) is 2.44. The van der Waals surface area contributed by atoms with Gasteiger partial charge in [-0.1, -0.05) is 47.5 Å². The number of benzene rings is 3. The summed E-state index contributed by atoms with van der Waals surface area (Å²) in [7, 11) is -3.73. The van der Waals surface area contributed by atoms with Gasteiger partial charge in [-0.05, 0) is 49.7 Å². The molecule has 0 spiro atoms. The molecule has 4 rings (SSSR count). The molecule has 25 heavy (non-hydrogen) atoms. The van der Waals surface area contributed by atoms with Crippen LogP contribution in [0.1, 0.15) is 11.1 Å². The molecule has 0 atom stereocenters. The van der Waals surface area contributed by atoms with Gasteiger partial charge in [0.15, 0.2) is 0 Å². The smallest absolute Gasteiger partial charge is 0.233 e. The average Bonchev–Trinajstić information content (AvgIpc) is 2.91. The maximum Gasteiger partial charge on any atom is 0.268 e. The first-order valence-electron chi connectivity index (χ1n) is 7.91. The fourth-order valence-electron chi connectivity index (χ4n) is 3.23. The van der Waals surface area contributed by atoms with E-state index in [4.69, 9.17) is 11.6 Å².